The van der Waals surface area contributed by atoms with Crippen LogP contribution in [0.2, 0.25) is 0 Å². The molecule has 1 aliphatic heterocycles. The fourth-order valence-corrected chi connectivity index (χ4v) is 4.29. The number of aliphatic imine (C=N–C) groups is 1. The Bertz CT molecular complexity index is 625. The Morgan fingerprint density at radius 3 is 2.47 bits per heavy atom. The standard InChI is InChI=1S/C23H39N5O.HI/c1-3-24-22(27-19-23(11-8-12-23)13-16-29-2)26-18-20-9-10-21(25-17-20)28-14-6-4-5-7-15-28;/h9-10,17H,3-8,11-16,18-19H2,1-2H3,(H2,24,26,27);1H. The Labute approximate surface area is 199 Å². The van der Waals surface area contributed by atoms with Gasteiger partial charge in [0.2, 0.25) is 0 Å². The van der Waals surface area contributed by atoms with Crippen LogP contribution in [-0.4, -0.2) is 50.8 Å². The van der Waals surface area contributed by atoms with Gasteiger partial charge in [-0.3, -0.25) is 0 Å². The van der Waals surface area contributed by atoms with Gasteiger partial charge >= 0.3 is 0 Å². The van der Waals surface area contributed by atoms with Gasteiger partial charge in [-0.05, 0) is 56.1 Å². The fraction of sp³-hybridized carbons (Fsp3) is 0.739. The smallest absolute Gasteiger partial charge is 0.191 e. The number of nitrogens with zero attached hydrogens (tertiary/aromatic N) is 3. The molecule has 0 aromatic carbocycles. The average molecular weight is 530 g/mol. The predicted octanol–water partition coefficient (Wildman–Crippen LogP) is 4.34. The summed E-state index contributed by atoms with van der Waals surface area (Å²) in [6.45, 7) is 7.68. The number of hydrogen-bond acceptors (Lipinski definition) is 4. The monoisotopic (exact) mass is 529 g/mol. The van der Waals surface area contributed by atoms with Crippen LogP contribution < -0.4 is 15.5 Å². The molecule has 170 valence electrons. The van der Waals surface area contributed by atoms with Crippen molar-refractivity contribution in [2.45, 2.75) is 64.8 Å². The molecule has 7 heteroatoms. The lowest BCUT2D eigenvalue weighted by Gasteiger charge is -2.42. The lowest BCUT2D eigenvalue weighted by atomic mass is 9.67. The van der Waals surface area contributed by atoms with E-state index >= 15 is 0 Å². The van der Waals surface area contributed by atoms with Gasteiger partial charge in [-0.15, -0.1) is 24.0 Å². The van der Waals surface area contributed by atoms with Gasteiger partial charge in [-0.2, -0.15) is 0 Å². The van der Waals surface area contributed by atoms with Crippen LogP contribution in [0.5, 0.6) is 0 Å². The van der Waals surface area contributed by atoms with Crippen molar-refractivity contribution >= 4 is 35.8 Å². The Morgan fingerprint density at radius 2 is 1.90 bits per heavy atom. The van der Waals surface area contributed by atoms with Crippen molar-refractivity contribution in [1.82, 2.24) is 15.6 Å². The maximum absolute atomic E-state index is 5.31. The normalized spacial score (nSPS) is 18.7. The molecule has 1 aromatic rings. The zero-order chi connectivity index (χ0) is 20.4. The first-order chi connectivity index (χ1) is 14.2. The molecule has 2 fully saturated rings. The van der Waals surface area contributed by atoms with Gasteiger partial charge in [0, 0.05) is 46.1 Å². The largest absolute Gasteiger partial charge is 0.385 e. The van der Waals surface area contributed by atoms with Gasteiger partial charge in [0.25, 0.3) is 0 Å². The number of nitrogens with one attached hydrogen (secondary N) is 2. The molecule has 2 heterocycles. The molecule has 30 heavy (non-hydrogen) atoms. The number of anilines is 1. The highest BCUT2D eigenvalue weighted by molar-refractivity contribution is 14.0. The predicted molar refractivity (Wildman–Crippen MR) is 136 cm³/mol. The van der Waals surface area contributed by atoms with Crippen molar-refractivity contribution < 1.29 is 4.74 Å². The van der Waals surface area contributed by atoms with E-state index in [1.54, 1.807) is 7.11 Å². The second kappa shape index (κ2) is 13.3. The molecule has 0 spiro atoms. The van der Waals surface area contributed by atoms with Crippen LogP contribution in [0.1, 0.15) is 63.9 Å². The van der Waals surface area contributed by atoms with Gasteiger partial charge in [0.05, 0.1) is 6.54 Å². The number of hydrogen-bond donors (Lipinski definition) is 2. The number of aromatic nitrogens is 1. The van der Waals surface area contributed by atoms with Crippen LogP contribution in [-0.2, 0) is 11.3 Å². The Hall–Kier alpha value is -1.09. The molecule has 2 aliphatic rings. The van der Waals surface area contributed by atoms with Crippen molar-refractivity contribution in [3.8, 4) is 0 Å². The lowest BCUT2D eigenvalue weighted by Crippen LogP contribution is -2.46. The summed E-state index contributed by atoms with van der Waals surface area (Å²) < 4.78 is 5.31. The quantitative estimate of drug-likeness (QED) is 0.283. The molecule has 1 saturated heterocycles. The third kappa shape index (κ3) is 7.55. The summed E-state index contributed by atoms with van der Waals surface area (Å²) in [5.74, 6) is 2.00. The number of ether oxygens (including phenoxy) is 1. The molecule has 3 rings (SSSR count). The number of methoxy groups -OCH3 is 1. The van der Waals surface area contributed by atoms with Crippen LogP contribution in [0.25, 0.3) is 0 Å². The second-order valence-electron chi connectivity index (χ2n) is 8.57. The molecule has 1 aromatic heterocycles. The SMILES string of the molecule is CCNC(=NCc1ccc(N2CCCCCC2)nc1)NCC1(CCOC)CCC1.I. The fourth-order valence-electron chi connectivity index (χ4n) is 4.29. The molecule has 1 saturated carbocycles. The van der Waals surface area contributed by atoms with Crippen LogP contribution in [0.15, 0.2) is 23.3 Å². The maximum atomic E-state index is 5.31. The van der Waals surface area contributed by atoms with Crippen molar-refractivity contribution in [2.75, 3.05) is 44.8 Å². The zero-order valence-electron chi connectivity index (χ0n) is 18.8. The van der Waals surface area contributed by atoms with Crippen molar-refractivity contribution in [3.63, 3.8) is 0 Å². The van der Waals surface area contributed by atoms with E-state index in [1.165, 1.54) is 44.9 Å². The molecular weight excluding hydrogens is 489 g/mol. The highest BCUT2D eigenvalue weighted by Gasteiger charge is 2.36. The summed E-state index contributed by atoms with van der Waals surface area (Å²) in [4.78, 5) is 11.9. The Kier molecular flexibility index (Phi) is 11.2. The highest BCUT2D eigenvalue weighted by Crippen LogP contribution is 2.43. The summed E-state index contributed by atoms with van der Waals surface area (Å²) in [6.07, 6.45) is 12.2. The first-order valence-electron chi connectivity index (χ1n) is 11.5. The third-order valence-corrected chi connectivity index (χ3v) is 6.38. The molecule has 2 N–H and O–H groups in total. The van der Waals surface area contributed by atoms with Crippen LogP contribution in [0, 0.1) is 5.41 Å². The number of halogens is 1. The van der Waals surface area contributed by atoms with Crippen LogP contribution in [0.4, 0.5) is 5.82 Å². The number of rotatable bonds is 9. The first-order valence-corrected chi connectivity index (χ1v) is 11.5. The zero-order valence-corrected chi connectivity index (χ0v) is 21.1. The van der Waals surface area contributed by atoms with Crippen molar-refractivity contribution in [3.05, 3.63) is 23.9 Å². The Morgan fingerprint density at radius 1 is 1.13 bits per heavy atom. The van der Waals surface area contributed by atoms with Gasteiger partial charge in [0.15, 0.2) is 5.96 Å². The first kappa shape index (κ1) is 25.2. The second-order valence-corrected chi connectivity index (χ2v) is 8.57. The van der Waals surface area contributed by atoms with Crippen molar-refractivity contribution in [2.24, 2.45) is 10.4 Å². The van der Waals surface area contributed by atoms with E-state index in [4.69, 9.17) is 14.7 Å². The van der Waals surface area contributed by atoms with E-state index in [0.29, 0.717) is 12.0 Å². The molecule has 0 unspecified atom stereocenters. The highest BCUT2D eigenvalue weighted by atomic mass is 127. The summed E-state index contributed by atoms with van der Waals surface area (Å²) in [7, 11) is 1.79. The minimum absolute atomic E-state index is 0. The average Bonchev–Trinajstić information content (AvgIpc) is 3.01. The number of pyridine rings is 1. The lowest BCUT2D eigenvalue weighted by molar-refractivity contribution is 0.0732. The van der Waals surface area contributed by atoms with Gasteiger partial charge in [0.1, 0.15) is 5.82 Å². The van der Waals surface area contributed by atoms with E-state index in [0.717, 1.165) is 56.5 Å². The molecular formula is C23H40IN5O. The van der Waals surface area contributed by atoms with E-state index < -0.39 is 0 Å². The summed E-state index contributed by atoms with van der Waals surface area (Å²) in [5.41, 5.74) is 1.53. The molecule has 0 bridgehead atoms. The summed E-state index contributed by atoms with van der Waals surface area (Å²) >= 11 is 0. The maximum Gasteiger partial charge on any atom is 0.191 e. The molecule has 6 nitrogen and oxygen atoms in total. The summed E-state index contributed by atoms with van der Waals surface area (Å²) in [6, 6.07) is 4.33. The molecule has 0 atom stereocenters. The minimum atomic E-state index is 0. The van der Waals surface area contributed by atoms with Crippen LogP contribution in [0.3, 0.4) is 0 Å². The van der Waals surface area contributed by atoms with E-state index in [9.17, 15) is 0 Å². The van der Waals surface area contributed by atoms with Crippen LogP contribution >= 0.6 is 24.0 Å². The Balaban J connectivity index is 0.00000320. The van der Waals surface area contributed by atoms with Crippen molar-refractivity contribution in [1.29, 1.82) is 0 Å². The van der Waals surface area contributed by atoms with E-state index in [2.05, 4.69) is 34.6 Å². The summed E-state index contributed by atoms with van der Waals surface area (Å²) in [5, 5.41) is 6.95. The van der Waals surface area contributed by atoms with Gasteiger partial charge in [-0.1, -0.05) is 25.3 Å². The number of guanidine groups is 1. The van der Waals surface area contributed by atoms with E-state index in [-0.39, 0.29) is 24.0 Å². The topological polar surface area (TPSA) is 61.8 Å². The van der Waals surface area contributed by atoms with Gasteiger partial charge in [-0.25, -0.2) is 9.98 Å². The minimum Gasteiger partial charge on any atom is -0.385 e. The third-order valence-electron chi connectivity index (χ3n) is 6.38. The molecule has 1 aliphatic carbocycles. The molecule has 0 amide bonds. The van der Waals surface area contributed by atoms with Gasteiger partial charge < -0.3 is 20.3 Å². The van der Waals surface area contributed by atoms with E-state index in [1.807, 2.05) is 6.20 Å². The molecule has 0 radical (unpaired) electrons.